The van der Waals surface area contributed by atoms with Gasteiger partial charge in [-0.05, 0) is 12.3 Å². The number of carbonyl (C=O) groups is 1. The van der Waals surface area contributed by atoms with Crippen LogP contribution in [0.15, 0.2) is 0 Å². The lowest BCUT2D eigenvalue weighted by molar-refractivity contribution is -0.118. The van der Waals surface area contributed by atoms with Crippen LogP contribution in [-0.4, -0.2) is 22.1 Å². The molecule has 1 nitrogen and oxygen atoms in total. The molecule has 0 aromatic carbocycles. The molecule has 0 saturated heterocycles. The van der Waals surface area contributed by atoms with Crippen LogP contribution in [-0.2, 0) is 4.79 Å². The highest BCUT2D eigenvalue weighted by molar-refractivity contribution is 6.21. The van der Waals surface area contributed by atoms with Crippen LogP contribution >= 0.6 is 0 Å². The number of Topliss-reactive ketones (excluding diaryl/α,β-unsaturated/α-hetero) is 1. The largest absolute Gasteiger partial charge is 0.300 e. The lowest BCUT2D eigenvalue weighted by atomic mass is 10.2. The molecule has 0 aromatic rings. The van der Waals surface area contributed by atoms with E-state index < -0.39 is 0 Å². The number of ketones is 1. The summed E-state index contributed by atoms with van der Waals surface area (Å²) in [6.07, 6.45) is 3.23. The maximum atomic E-state index is 10.7. The number of hydrogen-bond donors (Lipinski definition) is 0. The summed E-state index contributed by atoms with van der Waals surface area (Å²) in [6.45, 7) is 0. The summed E-state index contributed by atoms with van der Waals surface area (Å²) in [4.78, 5) is 10.7. The smallest absolute Gasteiger partial charge is 0.222 e. The summed E-state index contributed by atoms with van der Waals surface area (Å²) in [5, 5.41) is 0. The Morgan fingerprint density at radius 1 is 1.75 bits per heavy atom. The van der Waals surface area contributed by atoms with Crippen molar-refractivity contribution in [3.8, 4) is 0 Å². The second kappa shape index (κ2) is 1.20. The van der Waals surface area contributed by atoms with E-state index in [1.54, 1.807) is 0 Å². The van der Waals surface area contributed by atoms with E-state index in [0.29, 0.717) is 10.1 Å². The van der Waals surface area contributed by atoms with E-state index in [2.05, 4.69) is 0 Å². The number of fused-ring (bicyclic) bond motifs is 1. The predicted molar refractivity (Wildman–Crippen MR) is 33.6 cm³/mol. The van der Waals surface area contributed by atoms with Crippen molar-refractivity contribution in [3.05, 3.63) is 0 Å². The Morgan fingerprint density at radius 2 is 2.50 bits per heavy atom. The third-order valence-corrected chi connectivity index (χ3v) is 4.19. The first-order valence-electron chi connectivity index (χ1n) is 3.22. The molecular weight excluding hydrogens is 115 g/mol. The van der Waals surface area contributed by atoms with Crippen LogP contribution in [0.4, 0.5) is 0 Å². The van der Waals surface area contributed by atoms with Crippen molar-refractivity contribution >= 4 is 22.1 Å². The highest BCUT2D eigenvalue weighted by Gasteiger charge is 2.55. The molecule has 2 saturated carbocycles. The van der Waals surface area contributed by atoms with E-state index >= 15 is 0 Å². The molecule has 2 aliphatic rings. The average Bonchev–Trinajstić information content (AvgIpc) is 2.07. The van der Waals surface area contributed by atoms with Gasteiger partial charge in [-0.1, -0.05) is 10.7 Å². The molecule has 2 aliphatic carbocycles. The Hall–Kier alpha value is 0.202. The van der Waals surface area contributed by atoms with Crippen LogP contribution in [0.3, 0.4) is 0 Å². The molecule has 2 atom stereocenters. The molecule has 2 rings (SSSR count). The van der Waals surface area contributed by atoms with Crippen molar-refractivity contribution < 1.29 is 4.79 Å². The first kappa shape index (κ1) is 5.02. The van der Waals surface area contributed by atoms with Gasteiger partial charge < -0.3 is 0 Å². The second-order valence-corrected chi connectivity index (χ2v) is 5.47. The Balaban J connectivity index is 2.21. The monoisotopic (exact) mass is 124 g/mol. The molecule has 0 aliphatic heterocycles. The van der Waals surface area contributed by atoms with Crippen molar-refractivity contribution in [2.24, 2.45) is 5.92 Å². The molecule has 2 heteroatoms. The minimum Gasteiger partial charge on any atom is -0.300 e. The van der Waals surface area contributed by atoms with Gasteiger partial charge in [0.05, 0.1) is 0 Å². The average molecular weight is 124 g/mol. The van der Waals surface area contributed by atoms with E-state index in [-0.39, 0.29) is 0 Å². The number of rotatable bonds is 0. The summed E-state index contributed by atoms with van der Waals surface area (Å²) in [7, 11) is 0. The molecule has 0 spiro atoms. The van der Waals surface area contributed by atoms with Crippen LogP contribution in [0.25, 0.3) is 0 Å². The standard InChI is InChI=1S/C6H7O.Al.2H/c7-6-2-4-1-5(4)3-6;;;/h4H,1-3H2;;;. The molecule has 0 bridgehead atoms. The highest BCUT2D eigenvalue weighted by atomic mass is 27.0. The molecule has 0 aromatic heterocycles. The zero-order chi connectivity index (χ0) is 5.78. The first-order chi connectivity index (χ1) is 3.71. The summed E-state index contributed by atoms with van der Waals surface area (Å²) in [5.74, 6) is 1.37. The van der Waals surface area contributed by atoms with Gasteiger partial charge in [0.25, 0.3) is 0 Å². The molecule has 0 heterocycles. The topological polar surface area (TPSA) is 17.1 Å². The van der Waals surface area contributed by atoms with Crippen molar-refractivity contribution in [2.45, 2.75) is 23.5 Å². The van der Waals surface area contributed by atoms with Crippen molar-refractivity contribution in [1.82, 2.24) is 0 Å². The normalized spacial score (nSPS) is 51.5. The van der Waals surface area contributed by atoms with Gasteiger partial charge in [0.1, 0.15) is 5.78 Å². The molecule has 42 valence electrons. The molecular formula is C6H9AlO. The van der Waals surface area contributed by atoms with Crippen LogP contribution in [0.5, 0.6) is 0 Å². The summed E-state index contributed by atoms with van der Waals surface area (Å²) in [6, 6.07) is 0. The van der Waals surface area contributed by atoms with Crippen molar-refractivity contribution in [3.63, 3.8) is 0 Å². The van der Waals surface area contributed by atoms with Crippen LogP contribution < -0.4 is 0 Å². The van der Waals surface area contributed by atoms with E-state index in [0.717, 1.165) is 18.8 Å². The Kier molecular flexibility index (Phi) is 0.753. The summed E-state index contributed by atoms with van der Waals surface area (Å²) in [5.41, 5.74) is 0. The SMILES string of the molecule is O=C1CC2C[C]2([AlH2])C1. The summed E-state index contributed by atoms with van der Waals surface area (Å²) >= 11 is 1.25. The Labute approximate surface area is 56.9 Å². The zero-order valence-electron chi connectivity index (χ0n) is 5.11. The number of hydrogen-bond acceptors (Lipinski definition) is 1. The Morgan fingerprint density at radius 3 is 2.75 bits per heavy atom. The van der Waals surface area contributed by atoms with Gasteiger partial charge in [-0.2, -0.15) is 0 Å². The quantitative estimate of drug-likeness (QED) is 0.420. The van der Waals surface area contributed by atoms with Gasteiger partial charge >= 0.3 is 0 Å². The second-order valence-electron chi connectivity index (χ2n) is 3.47. The predicted octanol–water partition coefficient (Wildman–Crippen LogP) is 0.161. The fraction of sp³-hybridized carbons (Fsp3) is 0.833. The minimum absolute atomic E-state index is 0.524. The first-order valence-corrected chi connectivity index (χ1v) is 4.22. The highest BCUT2D eigenvalue weighted by Crippen LogP contribution is 2.66. The van der Waals surface area contributed by atoms with Crippen LogP contribution in [0, 0.1) is 5.92 Å². The molecule has 0 amide bonds. The molecule has 8 heavy (non-hydrogen) atoms. The van der Waals surface area contributed by atoms with Gasteiger partial charge in [-0.3, -0.25) is 4.79 Å². The Bertz CT molecular complexity index is 155. The van der Waals surface area contributed by atoms with Gasteiger partial charge in [0.15, 0.2) is 0 Å². The van der Waals surface area contributed by atoms with E-state index in [4.69, 9.17) is 0 Å². The zero-order valence-corrected chi connectivity index (χ0v) is 7.11. The molecule has 2 fully saturated rings. The minimum atomic E-state index is 0.524. The fourth-order valence-electron chi connectivity index (χ4n) is 1.84. The van der Waals surface area contributed by atoms with Crippen LogP contribution in [0.1, 0.15) is 19.3 Å². The summed E-state index contributed by atoms with van der Waals surface area (Å²) < 4.78 is 0.622. The lowest BCUT2D eigenvalue weighted by Crippen LogP contribution is -1.94. The maximum absolute atomic E-state index is 10.7. The fourth-order valence-corrected chi connectivity index (χ4v) is 2.93. The lowest BCUT2D eigenvalue weighted by Gasteiger charge is -1.95. The number of carbonyl (C=O) groups excluding carboxylic acids is 1. The van der Waals surface area contributed by atoms with Gasteiger partial charge in [-0.25, -0.2) is 0 Å². The van der Waals surface area contributed by atoms with E-state index in [1.165, 1.54) is 22.7 Å². The van der Waals surface area contributed by atoms with Gasteiger partial charge in [0, 0.05) is 6.42 Å². The van der Waals surface area contributed by atoms with Crippen molar-refractivity contribution in [1.29, 1.82) is 0 Å². The molecule has 2 unspecified atom stereocenters. The van der Waals surface area contributed by atoms with E-state index in [9.17, 15) is 4.79 Å². The van der Waals surface area contributed by atoms with Crippen molar-refractivity contribution in [2.75, 3.05) is 0 Å². The van der Waals surface area contributed by atoms with Gasteiger partial charge in [0.2, 0.25) is 16.3 Å². The maximum Gasteiger partial charge on any atom is 0.222 e. The third-order valence-electron chi connectivity index (χ3n) is 2.61. The van der Waals surface area contributed by atoms with Gasteiger partial charge in [-0.15, -0.1) is 0 Å². The van der Waals surface area contributed by atoms with Crippen LogP contribution in [0.2, 0.25) is 4.28 Å². The third kappa shape index (κ3) is 0.507. The molecule has 0 radical (unpaired) electrons. The molecule has 0 N–H and O–H groups in total. The van der Waals surface area contributed by atoms with E-state index in [1.807, 2.05) is 0 Å².